The first-order valence-electron chi connectivity index (χ1n) is 11.6. The minimum absolute atomic E-state index is 0.0477. The summed E-state index contributed by atoms with van der Waals surface area (Å²) >= 11 is 0. The first-order valence-corrected chi connectivity index (χ1v) is 11.6. The van der Waals surface area contributed by atoms with Gasteiger partial charge in [-0.25, -0.2) is 9.78 Å². The number of aromatic amines is 1. The van der Waals surface area contributed by atoms with Gasteiger partial charge in [-0.1, -0.05) is 44.2 Å². The Hall–Kier alpha value is -4.26. The third-order valence-electron chi connectivity index (χ3n) is 5.49. The minimum Gasteiger partial charge on any atom is -0.481 e. The van der Waals surface area contributed by atoms with Gasteiger partial charge in [0, 0.05) is 24.7 Å². The Balaban J connectivity index is 2.21. The van der Waals surface area contributed by atoms with E-state index in [4.69, 9.17) is 10.8 Å². The lowest BCUT2D eigenvalue weighted by Crippen LogP contribution is -2.59. The summed E-state index contributed by atoms with van der Waals surface area (Å²) < 4.78 is 0. The van der Waals surface area contributed by atoms with Crippen molar-refractivity contribution < 1.29 is 34.2 Å². The maximum Gasteiger partial charge on any atom is 0.326 e. The van der Waals surface area contributed by atoms with Crippen molar-refractivity contribution in [3.05, 3.63) is 54.1 Å². The predicted molar refractivity (Wildman–Crippen MR) is 131 cm³/mol. The normalized spacial score (nSPS) is 14.2. The number of benzene rings is 1. The quantitative estimate of drug-likeness (QED) is 0.167. The lowest BCUT2D eigenvalue weighted by Gasteiger charge is -2.27. The van der Waals surface area contributed by atoms with E-state index in [1.54, 1.807) is 44.2 Å². The predicted octanol–water partition coefficient (Wildman–Crippen LogP) is -0.808. The van der Waals surface area contributed by atoms with E-state index in [9.17, 15) is 29.1 Å². The number of nitrogens with two attached hydrogens (primary N) is 1. The molecule has 2 rings (SSSR count). The number of hydrogen-bond donors (Lipinski definition) is 7. The van der Waals surface area contributed by atoms with Crippen LogP contribution in [-0.4, -0.2) is 74.0 Å². The summed E-state index contributed by atoms with van der Waals surface area (Å²) in [7, 11) is 0. The van der Waals surface area contributed by atoms with Gasteiger partial charge >= 0.3 is 11.9 Å². The summed E-state index contributed by atoms with van der Waals surface area (Å²) in [4.78, 5) is 68.0. The highest BCUT2D eigenvalue weighted by atomic mass is 16.4. The van der Waals surface area contributed by atoms with Crippen molar-refractivity contribution >= 4 is 29.7 Å². The molecule has 0 spiro atoms. The molecule has 1 heterocycles. The molecular formula is C24H32N6O7. The van der Waals surface area contributed by atoms with Crippen LogP contribution in [0, 0.1) is 5.92 Å². The van der Waals surface area contributed by atoms with Crippen molar-refractivity contribution in [3.63, 3.8) is 0 Å². The molecule has 0 radical (unpaired) electrons. The van der Waals surface area contributed by atoms with Gasteiger partial charge in [0.25, 0.3) is 0 Å². The number of aromatic nitrogens is 2. The second kappa shape index (κ2) is 13.7. The first-order chi connectivity index (χ1) is 17.5. The fraction of sp³-hybridized carbons (Fsp3) is 0.417. The van der Waals surface area contributed by atoms with Gasteiger partial charge in [-0.05, 0) is 11.5 Å². The van der Waals surface area contributed by atoms with Gasteiger partial charge < -0.3 is 36.9 Å². The Kier molecular flexibility index (Phi) is 10.8. The number of hydrogen-bond acceptors (Lipinski definition) is 7. The summed E-state index contributed by atoms with van der Waals surface area (Å²) in [5.41, 5.74) is 6.81. The number of rotatable bonds is 14. The van der Waals surface area contributed by atoms with Crippen LogP contribution in [0.5, 0.6) is 0 Å². The molecule has 0 fully saturated rings. The van der Waals surface area contributed by atoms with Crippen LogP contribution in [0.25, 0.3) is 0 Å². The zero-order valence-electron chi connectivity index (χ0n) is 20.5. The second-order valence-electron chi connectivity index (χ2n) is 8.87. The largest absolute Gasteiger partial charge is 0.481 e. The van der Waals surface area contributed by atoms with Gasteiger partial charge in [-0.15, -0.1) is 0 Å². The van der Waals surface area contributed by atoms with Crippen LogP contribution in [0.15, 0.2) is 42.9 Å². The lowest BCUT2D eigenvalue weighted by molar-refractivity contribution is -0.142. The zero-order chi connectivity index (χ0) is 27.5. The van der Waals surface area contributed by atoms with Gasteiger partial charge in [-0.3, -0.25) is 19.2 Å². The fourth-order valence-corrected chi connectivity index (χ4v) is 3.49. The summed E-state index contributed by atoms with van der Waals surface area (Å²) in [5.74, 6) is -5.24. The first kappa shape index (κ1) is 29.0. The van der Waals surface area contributed by atoms with Crippen LogP contribution < -0.4 is 21.7 Å². The van der Waals surface area contributed by atoms with Crippen LogP contribution in [0.1, 0.15) is 31.5 Å². The lowest BCUT2D eigenvalue weighted by atomic mass is 10.00. The molecule has 2 aromatic rings. The Morgan fingerprint density at radius 1 is 0.919 bits per heavy atom. The number of carboxylic acids is 2. The van der Waals surface area contributed by atoms with Crippen LogP contribution in [0.2, 0.25) is 0 Å². The molecule has 200 valence electrons. The summed E-state index contributed by atoms with van der Waals surface area (Å²) in [6.07, 6.45) is 2.20. The molecule has 37 heavy (non-hydrogen) atoms. The number of nitrogens with one attached hydrogen (secondary N) is 4. The molecule has 1 aromatic heterocycles. The van der Waals surface area contributed by atoms with E-state index in [2.05, 4.69) is 25.9 Å². The monoisotopic (exact) mass is 516 g/mol. The van der Waals surface area contributed by atoms with E-state index >= 15 is 0 Å². The van der Waals surface area contributed by atoms with Crippen molar-refractivity contribution in [1.29, 1.82) is 0 Å². The Morgan fingerprint density at radius 2 is 1.57 bits per heavy atom. The highest BCUT2D eigenvalue weighted by Gasteiger charge is 2.32. The van der Waals surface area contributed by atoms with E-state index < -0.39 is 66.2 Å². The molecule has 4 atom stereocenters. The highest BCUT2D eigenvalue weighted by molar-refractivity contribution is 5.95. The average molecular weight is 517 g/mol. The molecule has 13 heteroatoms. The number of carboxylic acid groups (broad SMARTS) is 2. The molecule has 1 aromatic carbocycles. The number of aliphatic carboxylic acids is 2. The summed E-state index contributed by atoms with van der Waals surface area (Å²) in [6, 6.07) is 3.83. The Morgan fingerprint density at radius 3 is 2.11 bits per heavy atom. The van der Waals surface area contributed by atoms with Crippen LogP contribution >= 0.6 is 0 Å². The van der Waals surface area contributed by atoms with Crippen molar-refractivity contribution in [2.24, 2.45) is 11.7 Å². The summed E-state index contributed by atoms with van der Waals surface area (Å²) in [6.45, 7) is 3.31. The van der Waals surface area contributed by atoms with Crippen LogP contribution in [-0.2, 0) is 36.8 Å². The highest BCUT2D eigenvalue weighted by Crippen LogP contribution is 2.08. The molecule has 4 unspecified atom stereocenters. The fourth-order valence-electron chi connectivity index (χ4n) is 3.49. The molecule has 0 saturated heterocycles. The van der Waals surface area contributed by atoms with Gasteiger partial charge in [0.1, 0.15) is 18.1 Å². The third-order valence-corrected chi connectivity index (χ3v) is 5.49. The SMILES string of the molecule is CC(C)C(NC(=O)C(N)CC(=O)O)C(=O)NC(Cc1ccccc1)C(=O)NC(Cc1cnc[nH]1)C(=O)O. The van der Waals surface area contributed by atoms with Gasteiger partial charge in [0.15, 0.2) is 0 Å². The molecule has 13 nitrogen and oxygen atoms in total. The number of carbonyl (C=O) groups is 5. The van der Waals surface area contributed by atoms with Gasteiger partial charge in [0.05, 0.1) is 18.8 Å². The molecule has 0 aliphatic rings. The standard InChI is InChI=1S/C24H32N6O7/c1-13(2)20(30-21(33)16(25)10-19(31)32)23(35)28-17(8-14-6-4-3-5-7-14)22(34)29-18(24(36)37)9-15-11-26-12-27-15/h3-7,11-13,16-18,20H,8-10,25H2,1-2H3,(H,26,27)(H,28,35)(H,29,34)(H,30,33)(H,31,32)(H,36,37). The number of carbonyl (C=O) groups excluding carboxylic acids is 3. The zero-order valence-corrected chi connectivity index (χ0v) is 20.5. The van der Waals surface area contributed by atoms with Gasteiger partial charge in [-0.2, -0.15) is 0 Å². The van der Waals surface area contributed by atoms with E-state index in [1.807, 2.05) is 0 Å². The maximum atomic E-state index is 13.2. The Labute approximate surface area is 213 Å². The second-order valence-corrected chi connectivity index (χ2v) is 8.87. The smallest absolute Gasteiger partial charge is 0.326 e. The Bertz CT molecular complexity index is 1070. The number of amides is 3. The summed E-state index contributed by atoms with van der Waals surface area (Å²) in [5, 5.41) is 26.0. The molecule has 0 aliphatic carbocycles. The molecule has 3 amide bonds. The molecule has 0 aliphatic heterocycles. The van der Waals surface area contributed by atoms with Crippen LogP contribution in [0.3, 0.4) is 0 Å². The van der Waals surface area contributed by atoms with Crippen molar-refractivity contribution in [1.82, 2.24) is 25.9 Å². The van der Waals surface area contributed by atoms with E-state index in [0.717, 1.165) is 0 Å². The van der Waals surface area contributed by atoms with E-state index in [0.29, 0.717) is 11.3 Å². The van der Waals surface area contributed by atoms with Crippen molar-refractivity contribution in [2.45, 2.75) is 57.3 Å². The molecule has 0 bridgehead atoms. The van der Waals surface area contributed by atoms with Gasteiger partial charge in [0.2, 0.25) is 17.7 Å². The third kappa shape index (κ3) is 9.37. The number of imidazole rings is 1. The average Bonchev–Trinajstić information content (AvgIpc) is 3.34. The molecule has 0 saturated carbocycles. The van der Waals surface area contributed by atoms with Crippen LogP contribution in [0.4, 0.5) is 0 Å². The minimum atomic E-state index is -1.37. The topological polar surface area (TPSA) is 217 Å². The van der Waals surface area contributed by atoms with Crippen molar-refractivity contribution in [2.75, 3.05) is 0 Å². The van der Waals surface area contributed by atoms with E-state index in [1.165, 1.54) is 12.5 Å². The molecule has 8 N–H and O–H groups in total. The number of H-pyrrole nitrogens is 1. The van der Waals surface area contributed by atoms with E-state index in [-0.39, 0.29) is 12.8 Å². The van der Waals surface area contributed by atoms with Crippen molar-refractivity contribution in [3.8, 4) is 0 Å². The number of nitrogens with zero attached hydrogens (tertiary/aromatic N) is 1. The maximum absolute atomic E-state index is 13.2. The molecular weight excluding hydrogens is 484 g/mol.